The van der Waals surface area contributed by atoms with E-state index in [4.69, 9.17) is 0 Å². The lowest BCUT2D eigenvalue weighted by Crippen LogP contribution is -2.09. The Morgan fingerprint density at radius 1 is 1.47 bits per heavy atom. The molecule has 3 nitrogen and oxygen atoms in total. The SMILES string of the molecule is COC(=O)c1cc(C(F)F)nc(F)c1F. The number of esters is 1. The van der Waals surface area contributed by atoms with E-state index in [0.717, 1.165) is 7.11 Å². The fourth-order valence-corrected chi connectivity index (χ4v) is 0.887. The Morgan fingerprint density at radius 3 is 2.53 bits per heavy atom. The van der Waals surface area contributed by atoms with Crippen LogP contribution in [-0.4, -0.2) is 18.1 Å². The number of carbonyl (C=O) groups excluding carboxylic acids is 1. The van der Waals surface area contributed by atoms with Gasteiger partial charge < -0.3 is 4.74 Å². The minimum atomic E-state index is -3.09. The number of rotatable bonds is 2. The highest BCUT2D eigenvalue weighted by Gasteiger charge is 2.22. The number of carbonyl (C=O) groups is 1. The highest BCUT2D eigenvalue weighted by Crippen LogP contribution is 2.21. The van der Waals surface area contributed by atoms with Crippen molar-refractivity contribution in [2.75, 3.05) is 7.11 Å². The summed E-state index contributed by atoms with van der Waals surface area (Å²) in [4.78, 5) is 13.5. The van der Waals surface area contributed by atoms with Gasteiger partial charge in [-0.1, -0.05) is 0 Å². The maximum absolute atomic E-state index is 12.9. The van der Waals surface area contributed by atoms with Crippen molar-refractivity contribution < 1.29 is 27.1 Å². The number of nitrogens with zero attached hydrogens (tertiary/aromatic N) is 1. The van der Waals surface area contributed by atoms with Gasteiger partial charge in [-0.25, -0.2) is 22.9 Å². The van der Waals surface area contributed by atoms with E-state index < -0.39 is 35.4 Å². The van der Waals surface area contributed by atoms with E-state index in [9.17, 15) is 22.4 Å². The molecule has 0 aliphatic heterocycles. The van der Waals surface area contributed by atoms with Crippen molar-refractivity contribution in [2.45, 2.75) is 6.43 Å². The van der Waals surface area contributed by atoms with Gasteiger partial charge in [0.1, 0.15) is 11.3 Å². The van der Waals surface area contributed by atoms with Gasteiger partial charge >= 0.3 is 5.97 Å². The largest absolute Gasteiger partial charge is 0.465 e. The van der Waals surface area contributed by atoms with Crippen LogP contribution in [0.25, 0.3) is 0 Å². The van der Waals surface area contributed by atoms with Crippen LogP contribution in [-0.2, 0) is 4.74 Å². The molecule has 0 aliphatic rings. The van der Waals surface area contributed by atoms with Crippen molar-refractivity contribution in [3.8, 4) is 0 Å². The first-order valence-electron chi connectivity index (χ1n) is 3.69. The Kier molecular flexibility index (Phi) is 3.23. The maximum atomic E-state index is 12.9. The first-order valence-corrected chi connectivity index (χ1v) is 3.69. The summed E-state index contributed by atoms with van der Waals surface area (Å²) in [5, 5.41) is 0. The lowest BCUT2D eigenvalue weighted by Gasteiger charge is -2.04. The van der Waals surface area contributed by atoms with Gasteiger partial charge in [0, 0.05) is 0 Å². The van der Waals surface area contributed by atoms with Crippen molar-refractivity contribution in [1.82, 2.24) is 4.98 Å². The van der Waals surface area contributed by atoms with Crippen molar-refractivity contribution >= 4 is 5.97 Å². The van der Waals surface area contributed by atoms with Crippen LogP contribution in [0.2, 0.25) is 0 Å². The summed E-state index contributed by atoms with van der Waals surface area (Å²) < 4.78 is 53.9. The molecule has 1 heterocycles. The van der Waals surface area contributed by atoms with Gasteiger partial charge in [-0.15, -0.1) is 0 Å². The molecule has 7 heteroatoms. The number of ether oxygens (including phenoxy) is 1. The van der Waals surface area contributed by atoms with Crippen LogP contribution >= 0.6 is 0 Å². The van der Waals surface area contributed by atoms with Crippen LogP contribution in [0.5, 0.6) is 0 Å². The maximum Gasteiger partial charge on any atom is 0.341 e. The minimum Gasteiger partial charge on any atom is -0.465 e. The predicted molar refractivity (Wildman–Crippen MR) is 40.4 cm³/mol. The third-order valence-electron chi connectivity index (χ3n) is 1.57. The highest BCUT2D eigenvalue weighted by molar-refractivity contribution is 5.89. The average Bonchev–Trinajstić information content (AvgIpc) is 2.20. The fourth-order valence-electron chi connectivity index (χ4n) is 0.887. The molecule has 1 aromatic rings. The van der Waals surface area contributed by atoms with Crippen molar-refractivity contribution in [3.05, 3.63) is 29.1 Å². The molecule has 0 unspecified atom stereocenters. The number of hydrogen-bond acceptors (Lipinski definition) is 3. The molecule has 15 heavy (non-hydrogen) atoms. The number of aromatic nitrogens is 1. The molecule has 0 N–H and O–H groups in total. The molecule has 0 fully saturated rings. The monoisotopic (exact) mass is 223 g/mol. The van der Waals surface area contributed by atoms with E-state index in [1.54, 1.807) is 0 Å². The number of methoxy groups -OCH3 is 1. The molecular weight excluding hydrogens is 218 g/mol. The second kappa shape index (κ2) is 4.24. The second-order valence-corrected chi connectivity index (χ2v) is 2.49. The van der Waals surface area contributed by atoms with Crippen molar-refractivity contribution in [2.24, 2.45) is 0 Å². The quantitative estimate of drug-likeness (QED) is 0.437. The smallest absolute Gasteiger partial charge is 0.341 e. The first kappa shape index (κ1) is 11.4. The molecule has 1 aromatic heterocycles. The molecule has 0 radical (unpaired) electrons. The standard InChI is InChI=1S/C8H5F4NO2/c1-15-8(14)3-2-4(6(10)11)13-7(12)5(3)9/h2,6H,1H3. The van der Waals surface area contributed by atoms with Crippen LogP contribution in [0.3, 0.4) is 0 Å². The summed E-state index contributed by atoms with van der Waals surface area (Å²) in [6.07, 6.45) is -3.09. The highest BCUT2D eigenvalue weighted by atomic mass is 19.3. The molecule has 82 valence electrons. The zero-order valence-corrected chi connectivity index (χ0v) is 7.43. The van der Waals surface area contributed by atoms with E-state index in [-0.39, 0.29) is 0 Å². The van der Waals surface area contributed by atoms with Crippen molar-refractivity contribution in [1.29, 1.82) is 0 Å². The normalized spacial score (nSPS) is 10.5. The zero-order valence-electron chi connectivity index (χ0n) is 7.43. The summed E-state index contributed by atoms with van der Waals surface area (Å²) in [6.45, 7) is 0. The topological polar surface area (TPSA) is 39.2 Å². The van der Waals surface area contributed by atoms with Crippen molar-refractivity contribution in [3.63, 3.8) is 0 Å². The molecule has 0 amide bonds. The van der Waals surface area contributed by atoms with E-state index in [0.29, 0.717) is 6.07 Å². The van der Waals surface area contributed by atoms with Gasteiger partial charge in [0.25, 0.3) is 6.43 Å². The van der Waals surface area contributed by atoms with E-state index in [1.807, 2.05) is 0 Å². The number of alkyl halides is 2. The fraction of sp³-hybridized carbons (Fsp3) is 0.250. The van der Waals surface area contributed by atoms with Gasteiger partial charge in [0.15, 0.2) is 5.82 Å². The minimum absolute atomic E-state index is 0.453. The summed E-state index contributed by atoms with van der Waals surface area (Å²) in [5.41, 5.74) is -1.92. The lowest BCUT2D eigenvalue weighted by atomic mass is 10.2. The first-order chi connectivity index (χ1) is 6.97. The molecular formula is C8H5F4NO2. The molecule has 0 saturated heterocycles. The van der Waals surface area contributed by atoms with Gasteiger partial charge in [-0.3, -0.25) is 0 Å². The average molecular weight is 223 g/mol. The molecule has 0 aliphatic carbocycles. The summed E-state index contributed by atoms with van der Waals surface area (Å²) >= 11 is 0. The summed E-state index contributed by atoms with van der Waals surface area (Å²) in [6, 6.07) is 0.453. The number of hydrogen-bond donors (Lipinski definition) is 0. The Labute approximate surface area is 81.7 Å². The van der Waals surface area contributed by atoms with Crippen LogP contribution in [0, 0.1) is 11.8 Å². The predicted octanol–water partition coefficient (Wildman–Crippen LogP) is 2.08. The Morgan fingerprint density at radius 2 is 2.07 bits per heavy atom. The summed E-state index contributed by atoms with van der Waals surface area (Å²) in [7, 11) is 0.919. The Hall–Kier alpha value is -1.66. The Balaban J connectivity index is 3.31. The van der Waals surface area contributed by atoms with Crippen LogP contribution in [0.1, 0.15) is 22.5 Å². The number of halogens is 4. The van der Waals surface area contributed by atoms with E-state index >= 15 is 0 Å². The molecule has 0 aromatic carbocycles. The van der Waals surface area contributed by atoms with Gasteiger partial charge in [0.2, 0.25) is 5.95 Å². The molecule has 0 saturated carbocycles. The van der Waals surface area contributed by atoms with Crippen LogP contribution < -0.4 is 0 Å². The van der Waals surface area contributed by atoms with Gasteiger partial charge in [0.05, 0.1) is 7.11 Å². The molecule has 1 rings (SSSR count). The van der Waals surface area contributed by atoms with Crippen LogP contribution in [0.15, 0.2) is 6.07 Å². The van der Waals surface area contributed by atoms with Gasteiger partial charge in [-0.05, 0) is 6.07 Å². The zero-order chi connectivity index (χ0) is 11.6. The number of pyridine rings is 1. The van der Waals surface area contributed by atoms with Gasteiger partial charge in [-0.2, -0.15) is 4.39 Å². The third kappa shape index (κ3) is 2.23. The molecule has 0 spiro atoms. The van der Waals surface area contributed by atoms with E-state index in [2.05, 4.69) is 9.72 Å². The third-order valence-corrected chi connectivity index (χ3v) is 1.57. The Bertz CT molecular complexity index is 394. The lowest BCUT2D eigenvalue weighted by molar-refractivity contribution is 0.0592. The second-order valence-electron chi connectivity index (χ2n) is 2.49. The van der Waals surface area contributed by atoms with E-state index in [1.165, 1.54) is 0 Å². The van der Waals surface area contributed by atoms with Crippen LogP contribution in [0.4, 0.5) is 17.6 Å². The summed E-state index contributed by atoms with van der Waals surface area (Å²) in [5.74, 6) is -4.60. The molecule has 0 bridgehead atoms. The molecule has 0 atom stereocenters.